The quantitative estimate of drug-likeness (QED) is 0.280. The predicted octanol–water partition coefficient (Wildman–Crippen LogP) is 6.83. The fourth-order valence-corrected chi connectivity index (χ4v) is 5.86. The number of aromatic nitrogens is 2. The minimum atomic E-state index is 0.349. The van der Waals surface area contributed by atoms with Gasteiger partial charge in [-0.25, -0.2) is 9.97 Å². The number of nitrogens with zero attached hydrogens (tertiary/aromatic N) is 3. The summed E-state index contributed by atoms with van der Waals surface area (Å²) in [7, 11) is 0. The molecule has 1 aliphatic rings. The summed E-state index contributed by atoms with van der Waals surface area (Å²) in [6.07, 6.45) is 8.24. The van der Waals surface area contributed by atoms with E-state index in [2.05, 4.69) is 83.7 Å². The maximum absolute atomic E-state index is 4.58. The molecule has 2 aromatic heterocycles. The number of thiophene rings is 1. The second kappa shape index (κ2) is 8.04. The standard InChI is InChI=1S/C26H28N4S/c1-4-26(2,3)19-12-13-22-21(14-19)23-24(27-16-28-25(23)31-22)30-29-15-18-10-7-9-17-8-5-6-11-20(17)18/h5-11,15-16,19H,4,12-14H2,1-3H3,(H,27,28,30)/b29-15+/t19-/m1/s1. The molecular weight excluding hydrogens is 400 g/mol. The molecule has 5 rings (SSSR count). The minimum Gasteiger partial charge on any atom is -0.261 e. The van der Waals surface area contributed by atoms with Gasteiger partial charge in [0.2, 0.25) is 0 Å². The molecular formula is C26H28N4S. The molecule has 5 heteroatoms. The topological polar surface area (TPSA) is 50.2 Å². The molecule has 158 valence electrons. The van der Waals surface area contributed by atoms with Crippen LogP contribution in [-0.4, -0.2) is 16.2 Å². The van der Waals surface area contributed by atoms with E-state index in [1.54, 1.807) is 6.33 Å². The lowest BCUT2D eigenvalue weighted by Gasteiger charge is -2.36. The van der Waals surface area contributed by atoms with Crippen LogP contribution in [0.3, 0.4) is 0 Å². The monoisotopic (exact) mass is 428 g/mol. The second-order valence-corrected chi connectivity index (χ2v) is 10.2. The van der Waals surface area contributed by atoms with Crippen LogP contribution in [0.1, 0.15) is 49.6 Å². The van der Waals surface area contributed by atoms with Crippen LogP contribution in [0.4, 0.5) is 5.82 Å². The summed E-state index contributed by atoms with van der Waals surface area (Å²) in [5, 5.41) is 8.14. The lowest BCUT2D eigenvalue weighted by molar-refractivity contribution is 0.184. The van der Waals surface area contributed by atoms with E-state index in [4.69, 9.17) is 0 Å². The van der Waals surface area contributed by atoms with Crippen molar-refractivity contribution in [3.63, 3.8) is 0 Å². The average Bonchev–Trinajstić information content (AvgIpc) is 3.18. The molecule has 0 amide bonds. The van der Waals surface area contributed by atoms with Crippen molar-refractivity contribution in [1.82, 2.24) is 9.97 Å². The largest absolute Gasteiger partial charge is 0.261 e. The van der Waals surface area contributed by atoms with Crippen molar-refractivity contribution in [2.75, 3.05) is 5.43 Å². The number of anilines is 1. The van der Waals surface area contributed by atoms with Gasteiger partial charge in [-0.1, -0.05) is 69.7 Å². The molecule has 4 nitrogen and oxygen atoms in total. The SMILES string of the molecule is CCC(C)(C)[C@@H]1CCc2sc3ncnc(N/N=C/c4cccc5ccccc45)c3c2C1. The van der Waals surface area contributed by atoms with Crippen molar-refractivity contribution >= 4 is 44.4 Å². The second-order valence-electron chi connectivity index (χ2n) is 9.13. The fraction of sp³-hybridized carbons (Fsp3) is 0.346. The van der Waals surface area contributed by atoms with Gasteiger partial charge in [0.25, 0.3) is 0 Å². The molecule has 0 fully saturated rings. The zero-order valence-electron chi connectivity index (χ0n) is 18.4. The van der Waals surface area contributed by atoms with E-state index in [0.717, 1.165) is 34.4 Å². The van der Waals surface area contributed by atoms with E-state index < -0.39 is 0 Å². The molecule has 0 spiro atoms. The molecule has 1 aliphatic carbocycles. The molecule has 0 aliphatic heterocycles. The first-order valence-electron chi connectivity index (χ1n) is 11.1. The van der Waals surface area contributed by atoms with E-state index in [1.807, 2.05) is 17.6 Å². The fourth-order valence-electron chi connectivity index (χ4n) is 4.67. The molecule has 4 aromatic rings. The highest BCUT2D eigenvalue weighted by Gasteiger charge is 2.33. The third-order valence-corrected chi connectivity index (χ3v) is 8.25. The number of benzene rings is 2. The van der Waals surface area contributed by atoms with Crippen molar-refractivity contribution in [3.05, 3.63) is 64.8 Å². The van der Waals surface area contributed by atoms with Crippen molar-refractivity contribution in [2.45, 2.75) is 46.5 Å². The molecule has 2 aromatic carbocycles. The molecule has 0 saturated heterocycles. The van der Waals surface area contributed by atoms with E-state index in [-0.39, 0.29) is 0 Å². The maximum Gasteiger partial charge on any atom is 0.158 e. The Labute approximate surface area is 187 Å². The van der Waals surface area contributed by atoms with Gasteiger partial charge in [-0.05, 0) is 46.9 Å². The number of hydrogen-bond acceptors (Lipinski definition) is 5. The predicted molar refractivity (Wildman–Crippen MR) is 132 cm³/mol. The Bertz CT molecular complexity index is 1270. The average molecular weight is 429 g/mol. The smallest absolute Gasteiger partial charge is 0.158 e. The number of nitrogens with one attached hydrogen (secondary N) is 1. The summed E-state index contributed by atoms with van der Waals surface area (Å²) < 4.78 is 0. The van der Waals surface area contributed by atoms with Gasteiger partial charge in [0, 0.05) is 10.4 Å². The van der Waals surface area contributed by atoms with Gasteiger partial charge < -0.3 is 0 Å². The molecule has 31 heavy (non-hydrogen) atoms. The van der Waals surface area contributed by atoms with Crippen molar-refractivity contribution < 1.29 is 0 Å². The van der Waals surface area contributed by atoms with Gasteiger partial charge in [0.05, 0.1) is 11.6 Å². The third kappa shape index (κ3) is 3.72. The summed E-state index contributed by atoms with van der Waals surface area (Å²) in [6.45, 7) is 7.11. The van der Waals surface area contributed by atoms with Crippen molar-refractivity contribution in [3.8, 4) is 0 Å². The van der Waals surface area contributed by atoms with Crippen LogP contribution in [0, 0.1) is 11.3 Å². The minimum absolute atomic E-state index is 0.349. The molecule has 0 unspecified atom stereocenters. The first kappa shape index (κ1) is 20.1. The van der Waals surface area contributed by atoms with Gasteiger partial charge in [0.15, 0.2) is 5.82 Å². The Hall–Kier alpha value is -2.79. The van der Waals surface area contributed by atoms with Crippen LogP contribution in [0.2, 0.25) is 0 Å². The number of hydrogen-bond donors (Lipinski definition) is 1. The summed E-state index contributed by atoms with van der Waals surface area (Å²) in [5.41, 5.74) is 6.10. The maximum atomic E-state index is 4.58. The summed E-state index contributed by atoms with van der Waals surface area (Å²) in [6, 6.07) is 14.7. The van der Waals surface area contributed by atoms with Crippen LogP contribution in [0.25, 0.3) is 21.0 Å². The highest BCUT2D eigenvalue weighted by atomic mass is 32.1. The normalized spacial score (nSPS) is 16.8. The lowest BCUT2D eigenvalue weighted by atomic mass is 9.69. The zero-order valence-corrected chi connectivity index (χ0v) is 19.2. The first-order chi connectivity index (χ1) is 15.1. The highest BCUT2D eigenvalue weighted by molar-refractivity contribution is 7.19. The van der Waals surface area contributed by atoms with E-state index >= 15 is 0 Å². The van der Waals surface area contributed by atoms with Gasteiger partial charge in [0.1, 0.15) is 11.2 Å². The first-order valence-corrected chi connectivity index (χ1v) is 11.9. The number of aryl methyl sites for hydroxylation is 1. The van der Waals surface area contributed by atoms with E-state index in [1.165, 1.54) is 34.1 Å². The van der Waals surface area contributed by atoms with Crippen LogP contribution < -0.4 is 5.43 Å². The Morgan fingerprint density at radius 1 is 1.16 bits per heavy atom. The molecule has 1 atom stereocenters. The van der Waals surface area contributed by atoms with Crippen LogP contribution in [0.15, 0.2) is 53.9 Å². The Morgan fingerprint density at radius 3 is 2.87 bits per heavy atom. The molecule has 0 radical (unpaired) electrons. The van der Waals surface area contributed by atoms with Gasteiger partial charge in [-0.2, -0.15) is 5.10 Å². The lowest BCUT2D eigenvalue weighted by Crippen LogP contribution is -2.28. The van der Waals surface area contributed by atoms with Gasteiger partial charge in [-0.3, -0.25) is 5.43 Å². The van der Waals surface area contributed by atoms with Crippen LogP contribution >= 0.6 is 11.3 Å². The molecule has 0 saturated carbocycles. The third-order valence-electron chi connectivity index (χ3n) is 7.05. The van der Waals surface area contributed by atoms with Crippen LogP contribution in [0.5, 0.6) is 0 Å². The summed E-state index contributed by atoms with van der Waals surface area (Å²) in [4.78, 5) is 11.7. The molecule has 0 bridgehead atoms. The van der Waals surface area contributed by atoms with Gasteiger partial charge in [-0.15, -0.1) is 11.3 Å². The van der Waals surface area contributed by atoms with Crippen LogP contribution in [-0.2, 0) is 12.8 Å². The number of fused-ring (bicyclic) bond motifs is 4. The van der Waals surface area contributed by atoms with E-state index in [9.17, 15) is 0 Å². The summed E-state index contributed by atoms with van der Waals surface area (Å²) in [5.74, 6) is 1.50. The van der Waals surface area contributed by atoms with Crippen molar-refractivity contribution in [1.29, 1.82) is 0 Å². The van der Waals surface area contributed by atoms with E-state index in [0.29, 0.717) is 11.3 Å². The zero-order chi connectivity index (χ0) is 21.4. The molecule has 1 N–H and O–H groups in total. The number of hydrazone groups is 1. The van der Waals surface area contributed by atoms with Gasteiger partial charge >= 0.3 is 0 Å². The van der Waals surface area contributed by atoms with Crippen molar-refractivity contribution in [2.24, 2.45) is 16.4 Å². The molecule has 2 heterocycles. The Balaban J connectivity index is 1.47. The number of rotatable bonds is 5. The highest BCUT2D eigenvalue weighted by Crippen LogP contribution is 2.45. The Kier molecular flexibility index (Phi) is 5.22. The summed E-state index contributed by atoms with van der Waals surface area (Å²) >= 11 is 1.82. The Morgan fingerprint density at radius 2 is 2.00 bits per heavy atom.